The van der Waals surface area contributed by atoms with Gasteiger partial charge in [0, 0.05) is 18.5 Å². The molecule has 0 aromatic rings. The van der Waals surface area contributed by atoms with Crippen molar-refractivity contribution in [3.63, 3.8) is 0 Å². The van der Waals surface area contributed by atoms with Crippen LogP contribution in [0.1, 0.15) is 70.6 Å². The third-order valence-corrected chi connectivity index (χ3v) is 5.82. The van der Waals surface area contributed by atoms with Crippen molar-refractivity contribution in [2.24, 2.45) is 17.8 Å². The number of nitrogens with zero attached hydrogens (tertiary/aromatic N) is 1. The summed E-state index contributed by atoms with van der Waals surface area (Å²) in [6, 6.07) is 0.458. The van der Waals surface area contributed by atoms with E-state index in [4.69, 9.17) is 0 Å². The number of hydrogen-bond acceptors (Lipinski definition) is 2. The second-order valence-electron chi connectivity index (χ2n) is 7.62. The first-order valence-electron chi connectivity index (χ1n) is 9.18. The molecule has 3 aliphatic rings. The topological polar surface area (TPSA) is 57.6 Å². The second-order valence-corrected chi connectivity index (χ2v) is 7.62. The highest BCUT2D eigenvalue weighted by Gasteiger charge is 2.39. The molecule has 2 unspecified atom stereocenters. The maximum atomic E-state index is 13.0. The Morgan fingerprint density at radius 3 is 2.18 bits per heavy atom. The largest absolute Gasteiger partial charge is 0.481 e. The summed E-state index contributed by atoms with van der Waals surface area (Å²) in [5, 5.41) is 9.23. The predicted molar refractivity (Wildman–Crippen MR) is 84.4 cm³/mol. The average molecular weight is 307 g/mol. The van der Waals surface area contributed by atoms with E-state index in [1.807, 2.05) is 0 Å². The minimum Gasteiger partial charge on any atom is -0.481 e. The van der Waals surface area contributed by atoms with Crippen LogP contribution in [-0.4, -0.2) is 34.5 Å². The molecule has 3 saturated carbocycles. The molecule has 0 aromatic heterocycles. The third-order valence-electron chi connectivity index (χ3n) is 5.82. The van der Waals surface area contributed by atoms with E-state index >= 15 is 0 Å². The Hall–Kier alpha value is -1.06. The number of amides is 1. The van der Waals surface area contributed by atoms with Crippen molar-refractivity contribution in [1.29, 1.82) is 0 Å². The molecule has 1 N–H and O–H groups in total. The lowest BCUT2D eigenvalue weighted by atomic mass is 9.80. The molecule has 3 aliphatic carbocycles. The molecular formula is C18H29NO3. The molecule has 4 nitrogen and oxygen atoms in total. The molecule has 0 bridgehead atoms. The van der Waals surface area contributed by atoms with Crippen LogP contribution in [0.15, 0.2) is 0 Å². The van der Waals surface area contributed by atoms with Gasteiger partial charge in [0.15, 0.2) is 0 Å². The van der Waals surface area contributed by atoms with Crippen molar-refractivity contribution in [3.05, 3.63) is 0 Å². The van der Waals surface area contributed by atoms with Crippen LogP contribution in [0.2, 0.25) is 0 Å². The van der Waals surface area contributed by atoms with Crippen LogP contribution < -0.4 is 0 Å². The van der Waals surface area contributed by atoms with E-state index in [9.17, 15) is 14.7 Å². The summed E-state index contributed by atoms with van der Waals surface area (Å²) >= 11 is 0. The molecule has 3 fully saturated rings. The van der Waals surface area contributed by atoms with E-state index in [1.165, 1.54) is 32.1 Å². The molecule has 0 aromatic carbocycles. The van der Waals surface area contributed by atoms with Gasteiger partial charge in [-0.3, -0.25) is 9.59 Å². The minimum absolute atomic E-state index is 0.0426. The molecule has 3 rings (SSSR count). The van der Waals surface area contributed by atoms with E-state index in [0.29, 0.717) is 18.4 Å². The van der Waals surface area contributed by atoms with Gasteiger partial charge in [-0.15, -0.1) is 0 Å². The third kappa shape index (κ3) is 3.82. The lowest BCUT2D eigenvalue weighted by molar-refractivity contribution is -0.145. The van der Waals surface area contributed by atoms with Gasteiger partial charge in [-0.1, -0.05) is 25.7 Å². The van der Waals surface area contributed by atoms with Gasteiger partial charge in [0.2, 0.25) is 5.91 Å². The average Bonchev–Trinajstić information content (AvgIpc) is 3.38. The monoisotopic (exact) mass is 307 g/mol. The van der Waals surface area contributed by atoms with Crippen LogP contribution >= 0.6 is 0 Å². The fourth-order valence-electron chi connectivity index (χ4n) is 4.33. The summed E-state index contributed by atoms with van der Waals surface area (Å²) in [6.45, 7) is 0.928. The molecule has 0 aliphatic heterocycles. The van der Waals surface area contributed by atoms with E-state index < -0.39 is 5.97 Å². The molecule has 1 amide bonds. The Balaban J connectivity index is 1.60. The van der Waals surface area contributed by atoms with Gasteiger partial charge in [0.25, 0.3) is 0 Å². The summed E-state index contributed by atoms with van der Waals surface area (Å²) in [7, 11) is 0. The van der Waals surface area contributed by atoms with Crippen molar-refractivity contribution >= 4 is 11.9 Å². The zero-order chi connectivity index (χ0) is 15.5. The Morgan fingerprint density at radius 2 is 1.55 bits per heavy atom. The van der Waals surface area contributed by atoms with Gasteiger partial charge in [-0.2, -0.15) is 0 Å². The highest BCUT2D eigenvalue weighted by Crippen LogP contribution is 2.36. The highest BCUT2D eigenvalue weighted by atomic mass is 16.4. The highest BCUT2D eigenvalue weighted by molar-refractivity contribution is 5.81. The number of carbonyl (C=O) groups is 2. The Bertz CT molecular complexity index is 413. The van der Waals surface area contributed by atoms with Gasteiger partial charge < -0.3 is 10.0 Å². The summed E-state index contributed by atoms with van der Waals surface area (Å²) in [5.74, 6) is -0.128. The number of carboxylic acid groups (broad SMARTS) is 1. The summed E-state index contributed by atoms with van der Waals surface area (Å²) in [5.41, 5.74) is 0. The van der Waals surface area contributed by atoms with Gasteiger partial charge >= 0.3 is 5.97 Å². The molecule has 2 atom stereocenters. The van der Waals surface area contributed by atoms with E-state index in [1.54, 1.807) is 0 Å². The minimum atomic E-state index is -0.720. The second kappa shape index (κ2) is 7.01. The van der Waals surface area contributed by atoms with Crippen LogP contribution in [0.3, 0.4) is 0 Å². The zero-order valence-electron chi connectivity index (χ0n) is 13.5. The summed E-state index contributed by atoms with van der Waals surface area (Å²) in [4.78, 5) is 26.3. The molecule has 4 heteroatoms. The first-order chi connectivity index (χ1) is 10.6. The van der Waals surface area contributed by atoms with Gasteiger partial charge in [-0.05, 0) is 50.9 Å². The van der Waals surface area contributed by atoms with E-state index in [0.717, 1.165) is 38.6 Å². The molecule has 0 saturated heterocycles. The van der Waals surface area contributed by atoms with Crippen LogP contribution in [0.4, 0.5) is 0 Å². The number of hydrogen-bond donors (Lipinski definition) is 1. The number of aliphatic carboxylic acids is 1. The number of carboxylic acids is 1. The first kappa shape index (κ1) is 15.8. The fraction of sp³-hybridized carbons (Fsp3) is 0.889. The lowest BCUT2D eigenvalue weighted by Crippen LogP contribution is -2.43. The van der Waals surface area contributed by atoms with Crippen molar-refractivity contribution < 1.29 is 14.7 Å². The maximum Gasteiger partial charge on any atom is 0.306 e. The van der Waals surface area contributed by atoms with Crippen molar-refractivity contribution in [1.82, 2.24) is 4.90 Å². The van der Waals surface area contributed by atoms with Gasteiger partial charge in [-0.25, -0.2) is 0 Å². The molecular weight excluding hydrogens is 278 g/mol. The number of carbonyl (C=O) groups excluding carboxylic acids is 1. The molecule has 124 valence electrons. The summed E-state index contributed by atoms with van der Waals surface area (Å²) < 4.78 is 0. The summed E-state index contributed by atoms with van der Waals surface area (Å²) in [6.07, 6.45) is 11.8. The molecule has 22 heavy (non-hydrogen) atoms. The zero-order valence-corrected chi connectivity index (χ0v) is 13.5. The normalized spacial score (nSPS) is 30.0. The van der Waals surface area contributed by atoms with Crippen LogP contribution in [0, 0.1) is 17.8 Å². The lowest BCUT2D eigenvalue weighted by Gasteiger charge is -2.34. The van der Waals surface area contributed by atoms with Gasteiger partial charge in [0.05, 0.1) is 5.92 Å². The molecule has 0 heterocycles. The van der Waals surface area contributed by atoms with E-state index in [-0.39, 0.29) is 17.7 Å². The predicted octanol–water partition coefficient (Wildman–Crippen LogP) is 3.45. The fourth-order valence-corrected chi connectivity index (χ4v) is 4.33. The standard InChI is InChI=1S/C18H29NO3/c20-17(14-7-4-8-15(11-14)18(21)22)19(16-9-10-16)12-13-5-2-1-3-6-13/h13-16H,1-12H2,(H,21,22). The van der Waals surface area contributed by atoms with Crippen LogP contribution in [0.5, 0.6) is 0 Å². The Labute approximate surface area is 133 Å². The van der Waals surface area contributed by atoms with Crippen LogP contribution in [0.25, 0.3) is 0 Å². The molecule has 0 radical (unpaired) electrons. The maximum absolute atomic E-state index is 13.0. The smallest absolute Gasteiger partial charge is 0.306 e. The van der Waals surface area contributed by atoms with E-state index in [2.05, 4.69) is 4.90 Å². The molecule has 0 spiro atoms. The Morgan fingerprint density at radius 1 is 0.864 bits per heavy atom. The van der Waals surface area contributed by atoms with Gasteiger partial charge in [0.1, 0.15) is 0 Å². The van der Waals surface area contributed by atoms with Crippen molar-refractivity contribution in [3.8, 4) is 0 Å². The Kier molecular flexibility index (Phi) is 5.04. The van der Waals surface area contributed by atoms with Crippen molar-refractivity contribution in [2.45, 2.75) is 76.7 Å². The first-order valence-corrected chi connectivity index (χ1v) is 9.18. The van der Waals surface area contributed by atoms with Crippen molar-refractivity contribution in [2.75, 3.05) is 6.54 Å². The number of rotatable bonds is 5. The quantitative estimate of drug-likeness (QED) is 0.846. The van der Waals surface area contributed by atoms with Crippen LogP contribution in [-0.2, 0) is 9.59 Å². The SMILES string of the molecule is O=C(O)C1CCCC(C(=O)N(CC2CCCCC2)C2CC2)C1.